The van der Waals surface area contributed by atoms with Crippen LogP contribution < -0.4 is 9.84 Å². The van der Waals surface area contributed by atoms with Crippen LogP contribution in [0.5, 0.6) is 0 Å². The number of hydrogen-bond donors (Lipinski definition) is 4. The molecule has 142 valence electrons. The number of hydrazine groups is 1. The molecule has 3 unspecified atom stereocenters. The Morgan fingerprint density at radius 1 is 1.19 bits per heavy atom. The third kappa shape index (κ3) is 3.70. The van der Waals surface area contributed by atoms with Crippen LogP contribution in [0.15, 0.2) is 42.5 Å². The number of rotatable bonds is 5. The van der Waals surface area contributed by atoms with Crippen molar-refractivity contribution in [2.24, 2.45) is 0 Å². The number of carboxylic acids is 2. The second-order valence-corrected chi connectivity index (χ2v) is 7.00. The first kappa shape index (κ1) is 19.0. The van der Waals surface area contributed by atoms with Crippen LogP contribution in [0.3, 0.4) is 0 Å². The number of nitrogens with zero attached hydrogens (tertiary/aromatic N) is 1. The van der Waals surface area contributed by atoms with Crippen molar-refractivity contribution in [2.45, 2.75) is 25.3 Å². The standard InChI is InChI=1S/C18H18N2O6S/c1-10-7-12-13(17(21)22)9-15(11-5-3-2-4-6-11)20(19-27(25)26)16(12)14(8-10)18(23)24/h2-8,13,15,19H,9H2,1H3,(H,21,22)(H,23,24)(H,25,26). The monoisotopic (exact) mass is 390 g/mol. The van der Waals surface area contributed by atoms with Crippen LogP contribution >= 0.6 is 0 Å². The predicted octanol–water partition coefficient (Wildman–Crippen LogP) is 2.45. The van der Waals surface area contributed by atoms with Gasteiger partial charge in [0.2, 0.25) is 0 Å². The molecule has 1 aliphatic rings. The number of anilines is 1. The summed E-state index contributed by atoms with van der Waals surface area (Å²) in [6.07, 6.45) is 0.110. The van der Waals surface area contributed by atoms with Crippen LogP contribution in [0.2, 0.25) is 0 Å². The fraction of sp³-hybridized carbons (Fsp3) is 0.222. The summed E-state index contributed by atoms with van der Waals surface area (Å²) in [5.41, 5.74) is 1.55. The first-order valence-electron chi connectivity index (χ1n) is 8.11. The lowest BCUT2D eigenvalue weighted by Gasteiger charge is -2.41. The molecule has 1 heterocycles. The molecule has 3 rings (SSSR count). The van der Waals surface area contributed by atoms with Gasteiger partial charge < -0.3 is 10.2 Å². The first-order valence-corrected chi connectivity index (χ1v) is 9.22. The van der Waals surface area contributed by atoms with Gasteiger partial charge in [0.1, 0.15) is 0 Å². The van der Waals surface area contributed by atoms with E-state index in [0.29, 0.717) is 16.7 Å². The molecule has 0 amide bonds. The van der Waals surface area contributed by atoms with Gasteiger partial charge in [-0.05, 0) is 36.1 Å². The number of carboxylic acid groups (broad SMARTS) is 2. The summed E-state index contributed by atoms with van der Waals surface area (Å²) in [6, 6.07) is 11.2. The average Bonchev–Trinajstić information content (AvgIpc) is 2.60. The van der Waals surface area contributed by atoms with E-state index in [4.69, 9.17) is 0 Å². The fourth-order valence-corrected chi connectivity index (χ4v) is 3.89. The Morgan fingerprint density at radius 3 is 2.41 bits per heavy atom. The number of carbonyl (C=O) groups is 2. The third-order valence-corrected chi connectivity index (χ3v) is 4.91. The van der Waals surface area contributed by atoms with Crippen LogP contribution in [0.1, 0.15) is 45.4 Å². The highest BCUT2D eigenvalue weighted by molar-refractivity contribution is 7.77. The lowest BCUT2D eigenvalue weighted by molar-refractivity contribution is -0.139. The molecule has 0 radical (unpaired) electrons. The highest BCUT2D eigenvalue weighted by Crippen LogP contribution is 2.46. The first-order chi connectivity index (χ1) is 12.8. The number of hydrogen-bond acceptors (Lipinski definition) is 4. The van der Waals surface area contributed by atoms with Crippen LogP contribution in [-0.4, -0.2) is 30.9 Å². The van der Waals surface area contributed by atoms with E-state index in [1.165, 1.54) is 11.1 Å². The molecular formula is C18H18N2O6S. The summed E-state index contributed by atoms with van der Waals surface area (Å²) in [5.74, 6) is -3.28. The maximum Gasteiger partial charge on any atom is 0.337 e. The second kappa shape index (κ2) is 7.47. The van der Waals surface area contributed by atoms with Gasteiger partial charge in [-0.1, -0.05) is 36.4 Å². The summed E-state index contributed by atoms with van der Waals surface area (Å²) in [6.45, 7) is 1.68. The Kier molecular flexibility index (Phi) is 5.26. The molecule has 0 bridgehead atoms. The molecule has 0 saturated heterocycles. The largest absolute Gasteiger partial charge is 0.481 e. The van der Waals surface area contributed by atoms with Crippen LogP contribution in [-0.2, 0) is 16.1 Å². The van der Waals surface area contributed by atoms with Crippen molar-refractivity contribution in [3.8, 4) is 0 Å². The van der Waals surface area contributed by atoms with Crippen LogP contribution in [0, 0.1) is 6.92 Å². The molecule has 2 aromatic carbocycles. The van der Waals surface area contributed by atoms with Crippen molar-refractivity contribution in [1.82, 2.24) is 4.83 Å². The van der Waals surface area contributed by atoms with E-state index in [9.17, 15) is 28.6 Å². The second-order valence-electron chi connectivity index (χ2n) is 6.32. The summed E-state index contributed by atoms with van der Waals surface area (Å²) >= 11 is -2.48. The van der Waals surface area contributed by atoms with Gasteiger partial charge in [-0.25, -0.2) is 9.00 Å². The molecule has 0 aromatic heterocycles. The van der Waals surface area contributed by atoms with Crippen molar-refractivity contribution in [1.29, 1.82) is 0 Å². The Labute approximate surface area is 157 Å². The minimum absolute atomic E-state index is 0.0861. The average molecular weight is 390 g/mol. The highest BCUT2D eigenvalue weighted by atomic mass is 32.2. The molecule has 0 saturated carbocycles. The van der Waals surface area contributed by atoms with E-state index >= 15 is 0 Å². The minimum Gasteiger partial charge on any atom is -0.481 e. The Morgan fingerprint density at radius 2 is 1.85 bits per heavy atom. The summed E-state index contributed by atoms with van der Waals surface area (Å²) < 4.78 is 20.9. The van der Waals surface area contributed by atoms with Crippen LogP contribution in [0.4, 0.5) is 5.69 Å². The third-order valence-electron chi connectivity index (χ3n) is 4.56. The zero-order valence-corrected chi connectivity index (χ0v) is 15.1. The van der Waals surface area contributed by atoms with E-state index in [1.807, 2.05) is 0 Å². The number of benzene rings is 2. The summed E-state index contributed by atoms with van der Waals surface area (Å²) in [5, 5.41) is 20.7. The van der Waals surface area contributed by atoms with E-state index in [-0.39, 0.29) is 17.7 Å². The van der Waals surface area contributed by atoms with Gasteiger partial charge in [-0.15, -0.1) is 4.83 Å². The lowest BCUT2D eigenvalue weighted by Crippen LogP contribution is -2.47. The van der Waals surface area contributed by atoms with Gasteiger partial charge >= 0.3 is 11.9 Å². The molecule has 4 N–H and O–H groups in total. The lowest BCUT2D eigenvalue weighted by atomic mass is 9.82. The Balaban J connectivity index is 2.28. The SMILES string of the molecule is Cc1cc(C(=O)O)c2c(c1)C(C(=O)O)CC(c1ccccc1)N2NS(=O)O. The van der Waals surface area contributed by atoms with Gasteiger partial charge in [-0.2, -0.15) is 0 Å². The minimum atomic E-state index is -2.48. The van der Waals surface area contributed by atoms with Gasteiger partial charge in [0.25, 0.3) is 11.3 Å². The van der Waals surface area contributed by atoms with Crippen molar-refractivity contribution >= 4 is 28.9 Å². The Hall–Kier alpha value is -2.75. The topological polar surface area (TPSA) is 127 Å². The molecule has 1 aliphatic heterocycles. The van der Waals surface area contributed by atoms with E-state index < -0.39 is 35.2 Å². The molecular weight excluding hydrogens is 372 g/mol. The summed E-state index contributed by atoms with van der Waals surface area (Å²) in [4.78, 5) is 26.1. The van der Waals surface area contributed by atoms with Crippen LogP contribution in [0.25, 0.3) is 0 Å². The molecule has 3 atom stereocenters. The molecule has 0 fully saturated rings. The predicted molar refractivity (Wildman–Crippen MR) is 98.7 cm³/mol. The fourth-order valence-electron chi connectivity index (χ4n) is 3.50. The number of aromatic carboxylic acids is 1. The molecule has 2 aromatic rings. The van der Waals surface area contributed by atoms with E-state index in [0.717, 1.165) is 0 Å². The van der Waals surface area contributed by atoms with E-state index in [2.05, 4.69) is 4.83 Å². The number of aryl methyl sites for hydroxylation is 1. The van der Waals surface area contributed by atoms with E-state index in [1.54, 1.807) is 43.3 Å². The number of fused-ring (bicyclic) bond motifs is 1. The van der Waals surface area contributed by atoms with Crippen molar-refractivity contribution in [3.05, 3.63) is 64.7 Å². The van der Waals surface area contributed by atoms with Crippen molar-refractivity contribution in [3.63, 3.8) is 0 Å². The number of aliphatic carboxylic acids is 1. The summed E-state index contributed by atoms with van der Waals surface area (Å²) in [7, 11) is 0. The maximum absolute atomic E-state index is 11.9. The molecule has 0 spiro atoms. The van der Waals surface area contributed by atoms with Gasteiger partial charge in [0.15, 0.2) is 0 Å². The normalized spacial score (nSPS) is 20.0. The van der Waals surface area contributed by atoms with Gasteiger partial charge in [0.05, 0.1) is 23.2 Å². The molecule has 0 aliphatic carbocycles. The molecule has 27 heavy (non-hydrogen) atoms. The van der Waals surface area contributed by atoms with Gasteiger partial charge in [0, 0.05) is 0 Å². The zero-order valence-electron chi connectivity index (χ0n) is 14.3. The Bertz CT molecular complexity index is 918. The van der Waals surface area contributed by atoms with Crippen molar-refractivity contribution < 1.29 is 28.6 Å². The molecule has 9 heteroatoms. The molecule has 8 nitrogen and oxygen atoms in total. The van der Waals surface area contributed by atoms with Crippen molar-refractivity contribution in [2.75, 3.05) is 5.01 Å². The highest BCUT2D eigenvalue weighted by Gasteiger charge is 2.40. The maximum atomic E-state index is 11.9. The zero-order chi connectivity index (χ0) is 19.7. The van der Waals surface area contributed by atoms with Gasteiger partial charge in [-0.3, -0.25) is 14.4 Å². The quantitative estimate of drug-likeness (QED) is 0.578. The smallest absolute Gasteiger partial charge is 0.337 e. The number of nitrogens with one attached hydrogen (secondary N) is 1.